The van der Waals surface area contributed by atoms with Gasteiger partial charge in [-0.25, -0.2) is 9.78 Å². The van der Waals surface area contributed by atoms with Crippen molar-refractivity contribution in [2.24, 2.45) is 0 Å². The molecule has 0 unspecified atom stereocenters. The number of fused-ring (bicyclic) bond motifs is 1. The summed E-state index contributed by atoms with van der Waals surface area (Å²) in [6, 6.07) is 8.20. The first-order valence-corrected chi connectivity index (χ1v) is 8.51. The maximum Gasteiger partial charge on any atom is 0.490 e. The molecule has 3 rings (SSSR count). The number of alkyl halides is 3. The Kier molecular flexibility index (Phi) is 6.97. The topological polar surface area (TPSA) is 122 Å². The molecule has 1 heterocycles. The fraction of sp³-hybridized carbons (Fsp3) is 0.333. The molecule has 2 aromatic rings. The number of rotatable bonds is 4. The van der Waals surface area contributed by atoms with E-state index in [2.05, 4.69) is 22.4 Å². The summed E-state index contributed by atoms with van der Waals surface area (Å²) in [6.07, 6.45) is 0.758. The number of carboxylic acid groups (broad SMARTS) is 2. The predicted octanol–water partition coefficient (Wildman–Crippen LogP) is 2.45. The monoisotopic (exact) mass is 413 g/mol. The Morgan fingerprint density at radius 1 is 1.24 bits per heavy atom. The number of halogens is 3. The zero-order chi connectivity index (χ0) is 21.6. The molecule has 0 aliphatic heterocycles. The first kappa shape index (κ1) is 21.9. The van der Waals surface area contributed by atoms with Crippen molar-refractivity contribution in [3.63, 3.8) is 0 Å². The smallest absolute Gasteiger partial charge is 0.480 e. The van der Waals surface area contributed by atoms with Gasteiger partial charge in [-0.2, -0.15) is 13.2 Å². The minimum Gasteiger partial charge on any atom is -0.480 e. The number of carboxylic acids is 2. The van der Waals surface area contributed by atoms with Crippen molar-refractivity contribution < 1.29 is 33.0 Å². The summed E-state index contributed by atoms with van der Waals surface area (Å²) in [5, 5.41) is 19.1. The highest BCUT2D eigenvalue weighted by molar-refractivity contribution is 5.73. The number of hydrogen-bond acceptors (Lipinski definition) is 5. The van der Waals surface area contributed by atoms with Crippen molar-refractivity contribution in [1.82, 2.24) is 9.55 Å². The number of anilines is 1. The van der Waals surface area contributed by atoms with Gasteiger partial charge in [0.25, 0.3) is 5.56 Å². The van der Waals surface area contributed by atoms with E-state index in [1.807, 2.05) is 12.1 Å². The van der Waals surface area contributed by atoms with Crippen molar-refractivity contribution in [2.45, 2.75) is 38.0 Å². The lowest BCUT2D eigenvalue weighted by atomic mass is 9.88. The van der Waals surface area contributed by atoms with E-state index in [1.54, 1.807) is 0 Å². The molecule has 0 bridgehead atoms. The molecule has 29 heavy (non-hydrogen) atoms. The summed E-state index contributed by atoms with van der Waals surface area (Å²) in [6.45, 7) is -0.364. The Hall–Kier alpha value is -3.37. The minimum atomic E-state index is -5.08. The van der Waals surface area contributed by atoms with Crippen LogP contribution in [0.25, 0.3) is 0 Å². The van der Waals surface area contributed by atoms with Crippen LogP contribution in [0.5, 0.6) is 0 Å². The summed E-state index contributed by atoms with van der Waals surface area (Å²) in [4.78, 5) is 36.0. The molecule has 8 nitrogen and oxygen atoms in total. The van der Waals surface area contributed by atoms with E-state index in [4.69, 9.17) is 15.0 Å². The van der Waals surface area contributed by atoms with Crippen molar-refractivity contribution in [3.8, 4) is 0 Å². The van der Waals surface area contributed by atoms with E-state index in [0.717, 1.165) is 23.8 Å². The Morgan fingerprint density at radius 3 is 2.52 bits per heavy atom. The van der Waals surface area contributed by atoms with Gasteiger partial charge in [0.2, 0.25) is 0 Å². The van der Waals surface area contributed by atoms with Gasteiger partial charge in [0.15, 0.2) is 5.82 Å². The summed E-state index contributed by atoms with van der Waals surface area (Å²) in [5.41, 5.74) is 2.06. The van der Waals surface area contributed by atoms with Gasteiger partial charge in [-0.3, -0.25) is 14.2 Å². The van der Waals surface area contributed by atoms with Crippen molar-refractivity contribution in [2.75, 3.05) is 5.32 Å². The van der Waals surface area contributed by atoms with Crippen molar-refractivity contribution in [3.05, 3.63) is 58.1 Å². The van der Waals surface area contributed by atoms with Crippen LogP contribution < -0.4 is 10.9 Å². The van der Waals surface area contributed by atoms with Crippen LogP contribution >= 0.6 is 0 Å². The summed E-state index contributed by atoms with van der Waals surface area (Å²) in [5.74, 6) is -3.61. The molecular weight excluding hydrogens is 395 g/mol. The van der Waals surface area contributed by atoms with Crippen LogP contribution in [0.2, 0.25) is 0 Å². The average molecular weight is 413 g/mol. The SMILES string of the molecule is O=C(O)C(F)(F)F.O=C(O)Cn1ccnc(N[C@H]2CCCc3ccccc32)c1=O. The Labute approximate surface area is 162 Å². The summed E-state index contributed by atoms with van der Waals surface area (Å²) >= 11 is 0. The van der Waals surface area contributed by atoms with Gasteiger partial charge in [-0.1, -0.05) is 24.3 Å². The van der Waals surface area contributed by atoms with E-state index < -0.39 is 23.7 Å². The highest BCUT2D eigenvalue weighted by atomic mass is 19.4. The van der Waals surface area contributed by atoms with Gasteiger partial charge in [-0.05, 0) is 30.4 Å². The zero-order valence-electron chi connectivity index (χ0n) is 15.0. The molecule has 156 valence electrons. The van der Waals surface area contributed by atoms with Crippen LogP contribution in [0, 0.1) is 0 Å². The second-order valence-corrected chi connectivity index (χ2v) is 6.19. The van der Waals surface area contributed by atoms with Gasteiger partial charge in [0.05, 0.1) is 6.04 Å². The second kappa shape index (κ2) is 9.22. The second-order valence-electron chi connectivity index (χ2n) is 6.19. The molecule has 0 saturated heterocycles. The molecule has 0 saturated carbocycles. The molecule has 0 amide bonds. The van der Waals surface area contributed by atoms with Crippen LogP contribution in [0.4, 0.5) is 19.0 Å². The molecule has 11 heteroatoms. The molecule has 1 aromatic carbocycles. The van der Waals surface area contributed by atoms with Gasteiger partial charge >= 0.3 is 18.1 Å². The summed E-state index contributed by atoms with van der Waals surface area (Å²) in [7, 11) is 0. The Bertz CT molecular complexity index is 943. The lowest BCUT2D eigenvalue weighted by Crippen LogP contribution is -2.29. The van der Waals surface area contributed by atoms with E-state index in [-0.39, 0.29) is 18.4 Å². The van der Waals surface area contributed by atoms with Crippen molar-refractivity contribution >= 4 is 17.8 Å². The Morgan fingerprint density at radius 2 is 1.90 bits per heavy atom. The summed E-state index contributed by atoms with van der Waals surface area (Å²) < 4.78 is 32.9. The first-order chi connectivity index (χ1) is 13.6. The Balaban J connectivity index is 0.000000370. The van der Waals surface area contributed by atoms with Gasteiger partial charge in [-0.15, -0.1) is 0 Å². The number of hydrogen-bond donors (Lipinski definition) is 3. The highest BCUT2D eigenvalue weighted by Gasteiger charge is 2.38. The van der Waals surface area contributed by atoms with E-state index >= 15 is 0 Å². The molecule has 1 aliphatic carbocycles. The van der Waals surface area contributed by atoms with E-state index in [0.29, 0.717) is 0 Å². The molecule has 0 spiro atoms. The number of nitrogens with one attached hydrogen (secondary N) is 1. The zero-order valence-corrected chi connectivity index (χ0v) is 15.0. The molecule has 1 aliphatic rings. The van der Waals surface area contributed by atoms with E-state index in [9.17, 15) is 22.8 Å². The molecular formula is C18H18F3N3O5. The number of nitrogens with zero attached hydrogens (tertiary/aromatic N) is 2. The van der Waals surface area contributed by atoms with Crippen LogP contribution in [-0.2, 0) is 22.6 Å². The third kappa shape index (κ3) is 6.06. The molecule has 0 fully saturated rings. The van der Waals surface area contributed by atoms with Gasteiger partial charge in [0.1, 0.15) is 6.54 Å². The molecule has 1 atom stereocenters. The van der Waals surface area contributed by atoms with Gasteiger partial charge < -0.3 is 15.5 Å². The van der Waals surface area contributed by atoms with Crippen LogP contribution in [0.1, 0.15) is 30.0 Å². The third-order valence-corrected chi connectivity index (χ3v) is 4.14. The fourth-order valence-electron chi connectivity index (χ4n) is 2.89. The maximum atomic E-state index is 12.3. The van der Waals surface area contributed by atoms with Gasteiger partial charge in [0, 0.05) is 12.4 Å². The quantitative estimate of drug-likeness (QED) is 0.704. The largest absolute Gasteiger partial charge is 0.490 e. The lowest BCUT2D eigenvalue weighted by molar-refractivity contribution is -0.192. The predicted molar refractivity (Wildman–Crippen MR) is 95.6 cm³/mol. The number of aryl methyl sites for hydroxylation is 1. The number of aromatic nitrogens is 2. The van der Waals surface area contributed by atoms with Crippen LogP contribution in [0.3, 0.4) is 0 Å². The van der Waals surface area contributed by atoms with Crippen LogP contribution in [0.15, 0.2) is 41.5 Å². The normalized spacial score (nSPS) is 15.5. The number of benzene rings is 1. The maximum absolute atomic E-state index is 12.3. The molecule has 1 aromatic heterocycles. The standard InChI is InChI=1S/C16H17N3O3.C2HF3O2/c20-14(21)10-19-9-8-17-15(16(19)22)18-13-7-3-5-11-4-1-2-6-12(11)13;3-2(4,5)1(6)7/h1-2,4,6,8-9,13H,3,5,7,10H2,(H,17,18)(H,20,21);(H,6,7)/t13-;/m0./s1. The number of carbonyl (C=O) groups is 2. The third-order valence-electron chi connectivity index (χ3n) is 4.14. The average Bonchev–Trinajstić information content (AvgIpc) is 2.64. The fourth-order valence-corrected chi connectivity index (χ4v) is 2.89. The number of aliphatic carboxylic acids is 2. The molecule has 0 radical (unpaired) electrons. The highest BCUT2D eigenvalue weighted by Crippen LogP contribution is 2.31. The molecule has 3 N–H and O–H groups in total. The van der Waals surface area contributed by atoms with Crippen LogP contribution in [-0.4, -0.2) is 37.9 Å². The minimum absolute atomic E-state index is 0.0332. The van der Waals surface area contributed by atoms with Crippen molar-refractivity contribution in [1.29, 1.82) is 0 Å². The lowest BCUT2D eigenvalue weighted by Gasteiger charge is -2.26. The van der Waals surface area contributed by atoms with E-state index in [1.165, 1.54) is 23.5 Å². The first-order valence-electron chi connectivity index (χ1n) is 8.51.